The topological polar surface area (TPSA) is 25.2 Å². The zero-order valence-electron chi connectivity index (χ0n) is 9.33. The van der Waals surface area contributed by atoms with E-state index in [1.807, 2.05) is 26.1 Å². The summed E-state index contributed by atoms with van der Waals surface area (Å²) < 4.78 is 18.4. The molecule has 2 rings (SSSR count). The Hall–Kier alpha value is -1.61. The minimum absolute atomic E-state index is 0.0319. The largest absolute Gasteiger partial charge is 0.467 e. The molecule has 0 fully saturated rings. The van der Waals surface area contributed by atoms with E-state index in [9.17, 15) is 4.39 Å². The van der Waals surface area contributed by atoms with Gasteiger partial charge < -0.3 is 9.73 Å². The van der Waals surface area contributed by atoms with Crippen molar-refractivity contribution in [1.82, 2.24) is 5.32 Å². The predicted molar refractivity (Wildman–Crippen MR) is 60.7 cm³/mol. The maximum absolute atomic E-state index is 13.0. The first-order valence-electron chi connectivity index (χ1n) is 5.19. The highest BCUT2D eigenvalue weighted by atomic mass is 19.1. The summed E-state index contributed by atoms with van der Waals surface area (Å²) in [6.45, 7) is 1.89. The Morgan fingerprint density at radius 1 is 1.31 bits per heavy atom. The van der Waals surface area contributed by atoms with E-state index in [1.165, 1.54) is 12.1 Å². The lowest BCUT2D eigenvalue weighted by atomic mass is 9.99. The smallest absolute Gasteiger partial charge is 0.125 e. The molecule has 1 heterocycles. The van der Waals surface area contributed by atoms with E-state index < -0.39 is 0 Å². The second-order valence-corrected chi connectivity index (χ2v) is 3.74. The quantitative estimate of drug-likeness (QED) is 0.858. The van der Waals surface area contributed by atoms with Crippen LogP contribution in [0.15, 0.2) is 41.0 Å². The van der Waals surface area contributed by atoms with Crippen LogP contribution >= 0.6 is 0 Å². The van der Waals surface area contributed by atoms with Crippen molar-refractivity contribution < 1.29 is 8.81 Å². The van der Waals surface area contributed by atoms with E-state index in [2.05, 4.69) is 5.32 Å². The molecule has 3 heteroatoms. The van der Waals surface area contributed by atoms with E-state index in [0.717, 1.165) is 16.9 Å². The molecule has 2 aromatic rings. The van der Waals surface area contributed by atoms with Crippen LogP contribution in [-0.2, 0) is 0 Å². The van der Waals surface area contributed by atoms with Crippen LogP contribution in [0.3, 0.4) is 0 Å². The van der Waals surface area contributed by atoms with Gasteiger partial charge in [-0.25, -0.2) is 4.39 Å². The lowest BCUT2D eigenvalue weighted by Gasteiger charge is -2.16. The highest BCUT2D eigenvalue weighted by Crippen LogP contribution is 2.25. The van der Waals surface area contributed by atoms with Gasteiger partial charge in [-0.1, -0.05) is 6.07 Å². The molecule has 1 aromatic heterocycles. The maximum atomic E-state index is 13.0. The van der Waals surface area contributed by atoms with Crippen LogP contribution in [0, 0.1) is 12.7 Å². The molecule has 0 amide bonds. The van der Waals surface area contributed by atoms with E-state index in [-0.39, 0.29) is 11.9 Å². The van der Waals surface area contributed by atoms with Gasteiger partial charge in [0, 0.05) is 0 Å². The van der Waals surface area contributed by atoms with Gasteiger partial charge >= 0.3 is 0 Å². The third-order valence-electron chi connectivity index (χ3n) is 2.66. The Bertz CT molecular complexity index is 465. The molecule has 16 heavy (non-hydrogen) atoms. The van der Waals surface area contributed by atoms with E-state index in [0.29, 0.717) is 0 Å². The number of furan rings is 1. The van der Waals surface area contributed by atoms with Gasteiger partial charge in [0.05, 0.1) is 12.3 Å². The molecule has 0 radical (unpaired) electrons. The second kappa shape index (κ2) is 4.49. The molecule has 0 bridgehead atoms. The Balaban J connectivity index is 2.41. The number of rotatable bonds is 3. The fourth-order valence-electron chi connectivity index (χ4n) is 1.87. The van der Waals surface area contributed by atoms with Gasteiger partial charge in [-0.05, 0) is 49.4 Å². The van der Waals surface area contributed by atoms with Crippen molar-refractivity contribution in [3.63, 3.8) is 0 Å². The van der Waals surface area contributed by atoms with Crippen molar-refractivity contribution in [2.24, 2.45) is 0 Å². The molecule has 0 aliphatic heterocycles. The number of hydrogen-bond acceptors (Lipinski definition) is 2. The summed E-state index contributed by atoms with van der Waals surface area (Å²) in [4.78, 5) is 0. The fraction of sp³-hybridized carbons (Fsp3) is 0.231. The fourth-order valence-corrected chi connectivity index (χ4v) is 1.87. The Morgan fingerprint density at radius 2 is 2.12 bits per heavy atom. The predicted octanol–water partition coefficient (Wildman–Crippen LogP) is 3.04. The molecule has 0 saturated heterocycles. The van der Waals surface area contributed by atoms with Gasteiger partial charge in [0.15, 0.2) is 0 Å². The van der Waals surface area contributed by atoms with Gasteiger partial charge in [-0.3, -0.25) is 0 Å². The second-order valence-electron chi connectivity index (χ2n) is 3.74. The lowest BCUT2D eigenvalue weighted by molar-refractivity contribution is 0.462. The number of aryl methyl sites for hydroxylation is 1. The molecule has 0 aliphatic rings. The van der Waals surface area contributed by atoms with Crippen molar-refractivity contribution in [2.45, 2.75) is 13.0 Å². The van der Waals surface area contributed by atoms with Crippen LogP contribution in [0.5, 0.6) is 0 Å². The molecule has 1 aromatic carbocycles. The van der Waals surface area contributed by atoms with Crippen LogP contribution in [0.2, 0.25) is 0 Å². The van der Waals surface area contributed by atoms with Gasteiger partial charge in [0.25, 0.3) is 0 Å². The van der Waals surface area contributed by atoms with Crippen LogP contribution in [0.4, 0.5) is 4.39 Å². The van der Waals surface area contributed by atoms with E-state index >= 15 is 0 Å². The SMILES string of the molecule is CNC(c1ccco1)c1ccc(F)cc1C. The molecule has 1 atom stereocenters. The summed E-state index contributed by atoms with van der Waals surface area (Å²) in [6.07, 6.45) is 1.64. The molecule has 1 N–H and O–H groups in total. The van der Waals surface area contributed by atoms with Gasteiger partial charge in [0.2, 0.25) is 0 Å². The van der Waals surface area contributed by atoms with Crippen LogP contribution < -0.4 is 5.32 Å². The third kappa shape index (κ3) is 1.99. The standard InChI is InChI=1S/C13H14FNO/c1-9-8-10(14)5-6-11(9)13(15-2)12-4-3-7-16-12/h3-8,13,15H,1-2H3. The third-order valence-corrected chi connectivity index (χ3v) is 2.66. The summed E-state index contributed by atoms with van der Waals surface area (Å²) in [5.41, 5.74) is 1.94. The average Bonchev–Trinajstić information content (AvgIpc) is 2.75. The van der Waals surface area contributed by atoms with Gasteiger partial charge in [-0.15, -0.1) is 0 Å². The monoisotopic (exact) mass is 219 g/mol. The van der Waals surface area contributed by atoms with Crippen molar-refractivity contribution in [1.29, 1.82) is 0 Å². The summed E-state index contributed by atoms with van der Waals surface area (Å²) in [7, 11) is 1.86. The lowest BCUT2D eigenvalue weighted by Crippen LogP contribution is -2.18. The Kier molecular flexibility index (Phi) is 3.06. The minimum atomic E-state index is -0.212. The number of nitrogens with one attached hydrogen (secondary N) is 1. The molecule has 0 spiro atoms. The average molecular weight is 219 g/mol. The molecule has 0 saturated carbocycles. The molecule has 0 aliphatic carbocycles. The molecule has 84 valence electrons. The molecule has 1 unspecified atom stereocenters. The first-order chi connectivity index (χ1) is 7.72. The summed E-state index contributed by atoms with van der Waals surface area (Å²) in [6, 6.07) is 8.50. The molecular weight excluding hydrogens is 205 g/mol. The number of benzene rings is 1. The van der Waals surface area contributed by atoms with Gasteiger partial charge in [-0.2, -0.15) is 0 Å². The number of halogens is 1. The Labute approximate surface area is 94.1 Å². The van der Waals surface area contributed by atoms with E-state index in [1.54, 1.807) is 12.3 Å². The normalized spacial score (nSPS) is 12.7. The van der Waals surface area contributed by atoms with Crippen molar-refractivity contribution >= 4 is 0 Å². The maximum Gasteiger partial charge on any atom is 0.125 e. The van der Waals surface area contributed by atoms with Gasteiger partial charge in [0.1, 0.15) is 11.6 Å². The van der Waals surface area contributed by atoms with Crippen molar-refractivity contribution in [3.05, 3.63) is 59.3 Å². The van der Waals surface area contributed by atoms with Crippen LogP contribution in [0.25, 0.3) is 0 Å². The molecule has 2 nitrogen and oxygen atoms in total. The first-order valence-corrected chi connectivity index (χ1v) is 5.19. The van der Waals surface area contributed by atoms with E-state index in [4.69, 9.17) is 4.42 Å². The summed E-state index contributed by atoms with van der Waals surface area (Å²) in [5, 5.41) is 3.16. The minimum Gasteiger partial charge on any atom is -0.467 e. The molecular formula is C13H14FNO. The highest BCUT2D eigenvalue weighted by Gasteiger charge is 2.16. The zero-order valence-corrected chi connectivity index (χ0v) is 9.33. The van der Waals surface area contributed by atoms with Crippen LogP contribution in [0.1, 0.15) is 22.9 Å². The highest BCUT2D eigenvalue weighted by molar-refractivity contribution is 5.33. The summed E-state index contributed by atoms with van der Waals surface area (Å²) in [5.74, 6) is 0.618. The number of hydrogen-bond donors (Lipinski definition) is 1. The van der Waals surface area contributed by atoms with Crippen LogP contribution in [-0.4, -0.2) is 7.05 Å². The van der Waals surface area contributed by atoms with Crippen molar-refractivity contribution in [3.8, 4) is 0 Å². The first kappa shape index (κ1) is 10.9. The summed E-state index contributed by atoms with van der Waals surface area (Å²) >= 11 is 0. The zero-order chi connectivity index (χ0) is 11.5. The van der Waals surface area contributed by atoms with Crippen molar-refractivity contribution in [2.75, 3.05) is 7.05 Å². The Morgan fingerprint density at radius 3 is 2.69 bits per heavy atom.